The second-order valence-corrected chi connectivity index (χ2v) is 6.87. The lowest BCUT2D eigenvalue weighted by Gasteiger charge is -2.19. The minimum atomic E-state index is -0.572. The highest BCUT2D eigenvalue weighted by Gasteiger charge is 2.21. The topological polar surface area (TPSA) is 92.4 Å². The van der Waals surface area contributed by atoms with Crippen molar-refractivity contribution in [2.24, 2.45) is 0 Å². The SMILES string of the molecule is N#CCCn1cc(C(=O)COC(=O)CN2CCCCCC2=O)c2ccccc21. The number of esters is 1. The second kappa shape index (κ2) is 9.18. The number of rotatable bonds is 7. The second-order valence-electron chi connectivity index (χ2n) is 6.87. The van der Waals surface area contributed by atoms with Gasteiger partial charge in [0.25, 0.3) is 0 Å². The predicted molar refractivity (Wildman–Crippen MR) is 103 cm³/mol. The Morgan fingerprint density at radius 1 is 1.18 bits per heavy atom. The summed E-state index contributed by atoms with van der Waals surface area (Å²) in [6.45, 7) is 0.554. The van der Waals surface area contributed by atoms with Crippen molar-refractivity contribution in [2.75, 3.05) is 19.7 Å². The first-order chi connectivity index (χ1) is 13.6. The van der Waals surface area contributed by atoms with Gasteiger partial charge in [-0.05, 0) is 18.9 Å². The molecular weight excluding hydrogens is 358 g/mol. The Balaban J connectivity index is 1.64. The number of para-hydroxylation sites is 1. The highest BCUT2D eigenvalue weighted by atomic mass is 16.5. The number of carbonyl (C=O) groups excluding carboxylic acids is 3. The van der Waals surface area contributed by atoms with Gasteiger partial charge in [0.15, 0.2) is 6.61 Å². The number of fused-ring (bicyclic) bond motifs is 1. The molecular formula is C21H23N3O4. The summed E-state index contributed by atoms with van der Waals surface area (Å²) in [5.41, 5.74) is 1.33. The summed E-state index contributed by atoms with van der Waals surface area (Å²) in [4.78, 5) is 38.2. The van der Waals surface area contributed by atoms with Gasteiger partial charge in [0.05, 0.1) is 12.5 Å². The maximum atomic E-state index is 12.6. The molecule has 0 saturated carbocycles. The van der Waals surface area contributed by atoms with E-state index < -0.39 is 5.97 Å². The minimum Gasteiger partial charge on any atom is -0.456 e. The summed E-state index contributed by atoms with van der Waals surface area (Å²) < 4.78 is 7.01. The number of aryl methyl sites for hydroxylation is 1. The number of aromatic nitrogens is 1. The molecule has 0 aliphatic carbocycles. The Bertz CT molecular complexity index is 925. The molecule has 1 fully saturated rings. The van der Waals surface area contributed by atoms with Crippen LogP contribution >= 0.6 is 0 Å². The lowest BCUT2D eigenvalue weighted by molar-refractivity contribution is -0.148. The summed E-state index contributed by atoms with van der Waals surface area (Å²) in [5.74, 6) is -0.916. The molecule has 0 unspecified atom stereocenters. The van der Waals surface area contributed by atoms with E-state index in [1.165, 1.54) is 4.90 Å². The first kappa shape index (κ1) is 19.6. The zero-order chi connectivity index (χ0) is 19.9. The number of ether oxygens (including phenoxy) is 1. The summed E-state index contributed by atoms with van der Waals surface area (Å²) in [7, 11) is 0. The van der Waals surface area contributed by atoms with Crippen molar-refractivity contribution in [1.82, 2.24) is 9.47 Å². The monoisotopic (exact) mass is 381 g/mol. The molecule has 28 heavy (non-hydrogen) atoms. The van der Waals surface area contributed by atoms with Gasteiger partial charge in [-0.15, -0.1) is 0 Å². The van der Waals surface area contributed by atoms with Gasteiger partial charge >= 0.3 is 5.97 Å². The maximum absolute atomic E-state index is 12.6. The number of nitrogens with zero attached hydrogens (tertiary/aromatic N) is 3. The van der Waals surface area contributed by atoms with E-state index in [4.69, 9.17) is 10.00 Å². The number of Topliss-reactive ketones (excluding diaryl/α,β-unsaturated/α-hetero) is 1. The molecule has 1 aliphatic heterocycles. The summed E-state index contributed by atoms with van der Waals surface area (Å²) in [6, 6.07) is 9.54. The molecule has 2 heterocycles. The molecule has 1 amide bonds. The first-order valence-electron chi connectivity index (χ1n) is 9.51. The third kappa shape index (κ3) is 4.58. The molecule has 0 bridgehead atoms. The van der Waals surface area contributed by atoms with Gasteiger partial charge in [0, 0.05) is 42.2 Å². The van der Waals surface area contributed by atoms with Crippen molar-refractivity contribution in [3.63, 3.8) is 0 Å². The number of carbonyl (C=O) groups is 3. The molecule has 1 aromatic heterocycles. The quantitative estimate of drug-likeness (QED) is 0.543. The minimum absolute atomic E-state index is 0.0404. The Kier molecular flexibility index (Phi) is 6.43. The zero-order valence-corrected chi connectivity index (χ0v) is 15.7. The average Bonchev–Trinajstić information content (AvgIpc) is 2.95. The van der Waals surface area contributed by atoms with Crippen LogP contribution in [-0.2, 0) is 20.9 Å². The molecule has 1 aromatic carbocycles. The smallest absolute Gasteiger partial charge is 0.326 e. The Morgan fingerprint density at radius 3 is 2.82 bits per heavy atom. The fraction of sp³-hybridized carbons (Fsp3) is 0.429. The van der Waals surface area contributed by atoms with Crippen molar-refractivity contribution >= 4 is 28.6 Å². The van der Waals surface area contributed by atoms with Gasteiger partial charge in [0.2, 0.25) is 11.7 Å². The molecule has 1 saturated heterocycles. The van der Waals surface area contributed by atoms with Crippen molar-refractivity contribution in [1.29, 1.82) is 5.26 Å². The van der Waals surface area contributed by atoms with Crippen molar-refractivity contribution in [3.05, 3.63) is 36.0 Å². The molecule has 1 aliphatic rings. The van der Waals surface area contributed by atoms with Crippen LogP contribution in [0.25, 0.3) is 10.9 Å². The average molecular weight is 381 g/mol. The summed E-state index contributed by atoms with van der Waals surface area (Å²) in [6.07, 6.45) is 5.20. The van der Waals surface area contributed by atoms with Crippen molar-refractivity contribution < 1.29 is 19.1 Å². The Morgan fingerprint density at radius 2 is 2.00 bits per heavy atom. The van der Waals surface area contributed by atoms with E-state index in [0.717, 1.165) is 30.2 Å². The van der Waals surface area contributed by atoms with Gasteiger partial charge in [-0.25, -0.2) is 0 Å². The molecule has 2 aromatic rings. The normalized spacial score (nSPS) is 14.5. The molecule has 0 spiro atoms. The molecule has 0 N–H and O–H groups in total. The molecule has 7 nitrogen and oxygen atoms in total. The highest BCUT2D eigenvalue weighted by Crippen LogP contribution is 2.22. The lowest BCUT2D eigenvalue weighted by atomic mass is 10.1. The standard InChI is InChI=1S/C21H23N3O4/c22-10-6-12-23-13-17(16-7-3-4-8-18(16)23)19(25)15-28-21(27)14-24-11-5-1-2-9-20(24)26/h3-4,7-8,13H,1-2,5-6,9,11-12,14-15H2. The van der Waals surface area contributed by atoms with E-state index >= 15 is 0 Å². The largest absolute Gasteiger partial charge is 0.456 e. The number of likely N-dealkylation sites (tertiary alicyclic amines) is 1. The van der Waals surface area contributed by atoms with Crippen LogP contribution in [0.2, 0.25) is 0 Å². The lowest BCUT2D eigenvalue weighted by Crippen LogP contribution is -2.36. The van der Waals surface area contributed by atoms with Gasteiger partial charge in [-0.2, -0.15) is 5.26 Å². The van der Waals surface area contributed by atoms with Crippen LogP contribution < -0.4 is 0 Å². The zero-order valence-electron chi connectivity index (χ0n) is 15.7. The van der Waals surface area contributed by atoms with Gasteiger partial charge < -0.3 is 14.2 Å². The van der Waals surface area contributed by atoms with E-state index in [2.05, 4.69) is 6.07 Å². The number of amides is 1. The van der Waals surface area contributed by atoms with Crippen LogP contribution in [0.1, 0.15) is 42.5 Å². The predicted octanol–water partition coefficient (Wildman–Crippen LogP) is 2.68. The molecule has 0 atom stereocenters. The summed E-state index contributed by atoms with van der Waals surface area (Å²) in [5, 5.41) is 9.58. The number of hydrogen-bond donors (Lipinski definition) is 0. The third-order valence-corrected chi connectivity index (χ3v) is 4.91. The maximum Gasteiger partial charge on any atom is 0.326 e. The van der Waals surface area contributed by atoms with Gasteiger partial charge in [0.1, 0.15) is 6.54 Å². The van der Waals surface area contributed by atoms with E-state index in [1.54, 1.807) is 6.20 Å². The number of ketones is 1. The summed E-state index contributed by atoms with van der Waals surface area (Å²) >= 11 is 0. The molecule has 7 heteroatoms. The van der Waals surface area contributed by atoms with Crippen LogP contribution in [0.15, 0.2) is 30.5 Å². The highest BCUT2D eigenvalue weighted by molar-refractivity contribution is 6.09. The third-order valence-electron chi connectivity index (χ3n) is 4.91. The van der Waals surface area contributed by atoms with Crippen LogP contribution in [0, 0.1) is 11.3 Å². The number of benzene rings is 1. The van der Waals surface area contributed by atoms with E-state index in [9.17, 15) is 14.4 Å². The van der Waals surface area contributed by atoms with E-state index in [0.29, 0.717) is 31.5 Å². The van der Waals surface area contributed by atoms with Crippen LogP contribution in [-0.4, -0.2) is 46.8 Å². The molecule has 146 valence electrons. The number of nitriles is 1. The van der Waals surface area contributed by atoms with E-state index in [1.807, 2.05) is 28.8 Å². The van der Waals surface area contributed by atoms with Gasteiger partial charge in [-0.3, -0.25) is 14.4 Å². The number of hydrogen-bond acceptors (Lipinski definition) is 5. The fourth-order valence-corrected chi connectivity index (χ4v) is 3.46. The van der Waals surface area contributed by atoms with Crippen molar-refractivity contribution in [3.8, 4) is 6.07 Å². The fourth-order valence-electron chi connectivity index (χ4n) is 3.46. The van der Waals surface area contributed by atoms with Crippen LogP contribution in [0.5, 0.6) is 0 Å². The Hall–Kier alpha value is -3.14. The van der Waals surface area contributed by atoms with Crippen molar-refractivity contribution in [2.45, 2.75) is 38.6 Å². The first-order valence-corrected chi connectivity index (χ1v) is 9.51. The molecule has 0 radical (unpaired) electrons. The van der Waals surface area contributed by atoms with Crippen LogP contribution in [0.4, 0.5) is 0 Å². The van der Waals surface area contributed by atoms with E-state index in [-0.39, 0.29) is 24.8 Å². The molecule has 3 rings (SSSR count). The Labute approximate surface area is 163 Å². The van der Waals surface area contributed by atoms with Crippen LogP contribution in [0.3, 0.4) is 0 Å². The van der Waals surface area contributed by atoms with Gasteiger partial charge in [-0.1, -0.05) is 24.6 Å².